The zero-order valence-corrected chi connectivity index (χ0v) is 13.8. The molecule has 0 saturated heterocycles. The molecule has 0 radical (unpaired) electrons. The van der Waals surface area contributed by atoms with E-state index in [1.165, 1.54) is 17.4 Å². The van der Waals surface area contributed by atoms with Gasteiger partial charge in [-0.15, -0.1) is 11.3 Å². The van der Waals surface area contributed by atoms with Crippen molar-refractivity contribution in [2.75, 3.05) is 11.9 Å². The first-order valence-electron chi connectivity index (χ1n) is 7.41. The van der Waals surface area contributed by atoms with Crippen LogP contribution in [0.2, 0.25) is 0 Å². The molecule has 6 heteroatoms. The summed E-state index contributed by atoms with van der Waals surface area (Å²) in [6.07, 6.45) is 2.94. The predicted molar refractivity (Wildman–Crippen MR) is 92.1 cm³/mol. The van der Waals surface area contributed by atoms with Crippen LogP contribution in [-0.4, -0.2) is 24.3 Å². The lowest BCUT2D eigenvalue weighted by atomic mass is 9.99. The number of esters is 1. The fourth-order valence-corrected chi connectivity index (χ4v) is 3.01. The number of benzene rings is 1. The number of thiophene rings is 1. The molecule has 5 nitrogen and oxygen atoms in total. The van der Waals surface area contributed by atoms with Gasteiger partial charge in [0.2, 0.25) is 5.91 Å². The zero-order valence-electron chi connectivity index (χ0n) is 12.9. The first-order valence-corrected chi connectivity index (χ1v) is 8.29. The number of rotatable bonds is 5. The Hall–Kier alpha value is -2.73. The minimum Gasteiger partial charge on any atom is -0.454 e. The topological polar surface area (TPSA) is 72.5 Å². The van der Waals surface area contributed by atoms with Crippen molar-refractivity contribution in [3.8, 4) is 0 Å². The van der Waals surface area contributed by atoms with Crippen molar-refractivity contribution in [1.82, 2.24) is 0 Å². The molecule has 1 N–H and O–H groups in total. The molecule has 0 bridgehead atoms. The molecular weight excluding hydrogens is 326 g/mol. The van der Waals surface area contributed by atoms with Crippen molar-refractivity contribution in [1.29, 1.82) is 0 Å². The number of carbonyl (C=O) groups excluding carboxylic acids is 3. The number of Topliss-reactive ketones (excluding diaryl/α,β-unsaturated/α-hetero) is 1. The summed E-state index contributed by atoms with van der Waals surface area (Å²) in [5, 5.41) is 4.66. The minimum atomic E-state index is -0.567. The van der Waals surface area contributed by atoms with Gasteiger partial charge in [0.1, 0.15) is 0 Å². The van der Waals surface area contributed by atoms with Crippen LogP contribution in [0.4, 0.5) is 5.69 Å². The summed E-state index contributed by atoms with van der Waals surface area (Å²) in [4.78, 5) is 36.4. The average molecular weight is 341 g/mol. The molecule has 2 heterocycles. The molecule has 0 spiro atoms. The molecule has 1 amide bonds. The van der Waals surface area contributed by atoms with Crippen molar-refractivity contribution in [3.63, 3.8) is 0 Å². The number of anilines is 1. The first-order chi connectivity index (χ1) is 11.5. The number of ether oxygens (including phenoxy) is 1. The summed E-state index contributed by atoms with van der Waals surface area (Å²) >= 11 is 1.50. The van der Waals surface area contributed by atoms with E-state index in [0.717, 1.165) is 16.1 Å². The first kappa shape index (κ1) is 16.1. The normalized spacial score (nSPS) is 16.0. The van der Waals surface area contributed by atoms with Gasteiger partial charge in [-0.1, -0.05) is 6.07 Å². The fraction of sp³-hybridized carbons (Fsp3) is 0.167. The van der Waals surface area contributed by atoms with Gasteiger partial charge in [-0.25, -0.2) is 4.79 Å². The van der Waals surface area contributed by atoms with E-state index in [9.17, 15) is 14.4 Å². The van der Waals surface area contributed by atoms with Crippen molar-refractivity contribution >= 4 is 40.8 Å². The molecule has 0 aliphatic carbocycles. The lowest BCUT2D eigenvalue weighted by Gasteiger charge is -2.05. The Bertz CT molecular complexity index is 824. The number of amides is 1. The third-order valence-electron chi connectivity index (χ3n) is 3.76. The van der Waals surface area contributed by atoms with Crippen molar-refractivity contribution in [2.45, 2.75) is 12.8 Å². The number of carbonyl (C=O) groups is 3. The van der Waals surface area contributed by atoms with Gasteiger partial charge < -0.3 is 10.1 Å². The highest BCUT2D eigenvalue weighted by Gasteiger charge is 2.27. The van der Waals surface area contributed by atoms with E-state index in [4.69, 9.17) is 4.74 Å². The number of hydrogen-bond acceptors (Lipinski definition) is 5. The summed E-state index contributed by atoms with van der Waals surface area (Å²) in [6, 6.07) is 8.75. The maximum atomic E-state index is 12.2. The van der Waals surface area contributed by atoms with Crippen LogP contribution in [0.25, 0.3) is 6.08 Å². The molecule has 0 fully saturated rings. The number of ketones is 1. The summed E-state index contributed by atoms with van der Waals surface area (Å²) < 4.78 is 4.97. The number of nitrogens with one attached hydrogen (secondary N) is 1. The van der Waals surface area contributed by atoms with E-state index in [1.54, 1.807) is 31.2 Å². The minimum absolute atomic E-state index is 0.0836. The highest BCUT2D eigenvalue weighted by Crippen LogP contribution is 2.32. The Morgan fingerprint density at radius 1 is 1.33 bits per heavy atom. The second-order valence-corrected chi connectivity index (χ2v) is 6.37. The van der Waals surface area contributed by atoms with Gasteiger partial charge in [-0.05, 0) is 48.2 Å². The van der Waals surface area contributed by atoms with E-state index in [1.807, 2.05) is 17.5 Å². The Balaban J connectivity index is 1.60. The van der Waals surface area contributed by atoms with Crippen LogP contribution in [0.5, 0.6) is 0 Å². The van der Waals surface area contributed by atoms with Crippen LogP contribution in [0.1, 0.15) is 33.6 Å². The van der Waals surface area contributed by atoms with Gasteiger partial charge >= 0.3 is 5.97 Å². The van der Waals surface area contributed by atoms with Crippen LogP contribution < -0.4 is 5.32 Å². The number of fused-ring (bicyclic) bond motifs is 1. The third kappa shape index (κ3) is 3.44. The molecule has 1 aromatic heterocycles. The third-order valence-corrected chi connectivity index (χ3v) is 4.60. The lowest BCUT2D eigenvalue weighted by molar-refractivity contribution is -0.136. The van der Waals surface area contributed by atoms with Crippen LogP contribution in [0.3, 0.4) is 0 Å². The van der Waals surface area contributed by atoms with Crippen molar-refractivity contribution < 1.29 is 19.1 Å². The fourth-order valence-electron chi connectivity index (χ4n) is 2.39. The molecule has 1 aliphatic heterocycles. The molecule has 24 heavy (non-hydrogen) atoms. The second kappa shape index (κ2) is 6.80. The van der Waals surface area contributed by atoms with E-state index in [0.29, 0.717) is 5.56 Å². The molecule has 0 saturated carbocycles. The Morgan fingerprint density at radius 3 is 2.92 bits per heavy atom. The van der Waals surface area contributed by atoms with Crippen molar-refractivity contribution in [3.05, 3.63) is 57.8 Å². The summed E-state index contributed by atoms with van der Waals surface area (Å²) in [5.41, 5.74) is 1.93. The van der Waals surface area contributed by atoms with Gasteiger partial charge in [-0.2, -0.15) is 0 Å². The Kier molecular flexibility index (Phi) is 4.57. The second-order valence-electron chi connectivity index (χ2n) is 5.39. The quantitative estimate of drug-likeness (QED) is 0.515. The predicted octanol–water partition coefficient (Wildman–Crippen LogP) is 3.24. The largest absolute Gasteiger partial charge is 0.454 e. The SMILES string of the molecule is C[C@H]1C(=O)Nc2ccc(C(=O)COC(=O)/C=C/c3cccs3)cc21. The van der Waals surface area contributed by atoms with Gasteiger partial charge in [0.15, 0.2) is 12.4 Å². The molecule has 1 atom stereocenters. The Labute approximate surface area is 143 Å². The van der Waals surface area contributed by atoms with E-state index >= 15 is 0 Å². The van der Waals surface area contributed by atoms with Gasteiger partial charge in [-0.3, -0.25) is 9.59 Å². The van der Waals surface area contributed by atoms with Gasteiger partial charge in [0.25, 0.3) is 0 Å². The van der Waals surface area contributed by atoms with Crippen LogP contribution in [0.15, 0.2) is 41.8 Å². The molecule has 1 aliphatic rings. The molecule has 3 rings (SSSR count). The summed E-state index contributed by atoms with van der Waals surface area (Å²) in [5.74, 6) is -1.24. The van der Waals surface area contributed by atoms with Crippen LogP contribution >= 0.6 is 11.3 Å². The standard InChI is InChI=1S/C18H15NO4S/c1-11-14-9-12(4-6-15(14)19-18(11)22)16(20)10-23-17(21)7-5-13-3-2-8-24-13/h2-9,11H,10H2,1H3,(H,19,22)/b7-5+/t11-/m1/s1. The average Bonchev–Trinajstić information content (AvgIpc) is 3.19. The summed E-state index contributed by atoms with van der Waals surface area (Å²) in [6.45, 7) is 1.45. The monoisotopic (exact) mass is 341 g/mol. The van der Waals surface area contributed by atoms with E-state index < -0.39 is 5.97 Å². The maximum absolute atomic E-state index is 12.2. The van der Waals surface area contributed by atoms with E-state index in [-0.39, 0.29) is 24.2 Å². The molecule has 122 valence electrons. The van der Waals surface area contributed by atoms with Gasteiger partial charge in [0, 0.05) is 22.2 Å². The molecule has 0 unspecified atom stereocenters. The number of hydrogen-bond donors (Lipinski definition) is 1. The maximum Gasteiger partial charge on any atom is 0.331 e. The smallest absolute Gasteiger partial charge is 0.331 e. The Morgan fingerprint density at radius 2 is 2.17 bits per heavy atom. The lowest BCUT2D eigenvalue weighted by Crippen LogP contribution is -2.12. The summed E-state index contributed by atoms with van der Waals surface area (Å²) in [7, 11) is 0. The van der Waals surface area contributed by atoms with Gasteiger partial charge in [0.05, 0.1) is 5.92 Å². The molecule has 2 aromatic rings. The highest BCUT2D eigenvalue weighted by molar-refractivity contribution is 7.10. The van der Waals surface area contributed by atoms with Crippen molar-refractivity contribution in [2.24, 2.45) is 0 Å². The van der Waals surface area contributed by atoms with Crippen LogP contribution in [0, 0.1) is 0 Å². The van der Waals surface area contributed by atoms with E-state index in [2.05, 4.69) is 5.32 Å². The molecule has 1 aromatic carbocycles. The van der Waals surface area contributed by atoms with Crippen LogP contribution in [-0.2, 0) is 14.3 Å². The zero-order chi connectivity index (χ0) is 17.1. The highest BCUT2D eigenvalue weighted by atomic mass is 32.1. The molecular formula is C18H15NO4S.